The lowest BCUT2D eigenvalue weighted by Gasteiger charge is -2.15. The van der Waals surface area contributed by atoms with Crippen molar-refractivity contribution in [2.24, 2.45) is 0 Å². The van der Waals surface area contributed by atoms with Crippen LogP contribution in [0.5, 0.6) is 0 Å². The molecule has 0 aliphatic carbocycles. The Kier molecular flexibility index (Phi) is 6.03. The van der Waals surface area contributed by atoms with E-state index in [2.05, 4.69) is 11.4 Å². The van der Waals surface area contributed by atoms with Gasteiger partial charge >= 0.3 is 0 Å². The molecule has 0 aromatic heterocycles. The van der Waals surface area contributed by atoms with Gasteiger partial charge in [0.25, 0.3) is 0 Å². The molecule has 0 radical (unpaired) electrons. The summed E-state index contributed by atoms with van der Waals surface area (Å²) in [5.74, 6) is 0.0122. The quantitative estimate of drug-likeness (QED) is 0.829. The summed E-state index contributed by atoms with van der Waals surface area (Å²) in [6.45, 7) is 8.04. The molecule has 3 heteroatoms. The number of nitrogens with one attached hydrogen (secondary N) is 1. The van der Waals surface area contributed by atoms with Crippen LogP contribution in [0.15, 0.2) is 18.2 Å². The lowest BCUT2D eigenvalue weighted by Crippen LogP contribution is -2.31. The first-order chi connectivity index (χ1) is 8.93. The van der Waals surface area contributed by atoms with Gasteiger partial charge in [0.1, 0.15) is 0 Å². The highest BCUT2D eigenvalue weighted by atomic mass is 16.3. The van der Waals surface area contributed by atoms with Gasteiger partial charge in [-0.25, -0.2) is 0 Å². The molecule has 1 aromatic rings. The Labute approximate surface area is 116 Å². The molecule has 2 unspecified atom stereocenters. The number of benzene rings is 1. The summed E-state index contributed by atoms with van der Waals surface area (Å²) >= 11 is 0. The van der Waals surface area contributed by atoms with E-state index < -0.39 is 6.10 Å². The first-order valence-electron chi connectivity index (χ1n) is 6.98. The average Bonchev–Trinajstić information content (AvgIpc) is 2.35. The SMILES string of the molecule is CCC(C)NC(=O)CCC(O)c1ccc(C)cc1C. The molecule has 0 saturated heterocycles. The monoisotopic (exact) mass is 263 g/mol. The summed E-state index contributed by atoms with van der Waals surface area (Å²) in [4.78, 5) is 11.7. The van der Waals surface area contributed by atoms with Crippen LogP contribution in [-0.2, 0) is 4.79 Å². The lowest BCUT2D eigenvalue weighted by molar-refractivity contribution is -0.122. The molecule has 19 heavy (non-hydrogen) atoms. The van der Waals surface area contributed by atoms with Crippen molar-refractivity contribution in [3.63, 3.8) is 0 Å². The molecule has 0 spiro atoms. The van der Waals surface area contributed by atoms with E-state index >= 15 is 0 Å². The van der Waals surface area contributed by atoms with Crippen LogP contribution >= 0.6 is 0 Å². The molecular weight excluding hydrogens is 238 g/mol. The number of aryl methyl sites for hydroxylation is 2. The van der Waals surface area contributed by atoms with E-state index in [9.17, 15) is 9.90 Å². The molecule has 0 bridgehead atoms. The van der Waals surface area contributed by atoms with Crippen molar-refractivity contribution < 1.29 is 9.90 Å². The summed E-state index contributed by atoms with van der Waals surface area (Å²) in [6.07, 6.45) is 1.18. The van der Waals surface area contributed by atoms with Crippen LogP contribution in [0.25, 0.3) is 0 Å². The van der Waals surface area contributed by atoms with E-state index in [0.29, 0.717) is 12.8 Å². The minimum absolute atomic E-state index is 0.0122. The van der Waals surface area contributed by atoms with E-state index in [4.69, 9.17) is 0 Å². The first-order valence-corrected chi connectivity index (χ1v) is 6.98. The average molecular weight is 263 g/mol. The Balaban J connectivity index is 2.51. The third kappa shape index (κ3) is 5.03. The van der Waals surface area contributed by atoms with Gasteiger partial charge in [0.2, 0.25) is 5.91 Å². The molecule has 1 amide bonds. The van der Waals surface area contributed by atoms with E-state index in [0.717, 1.165) is 17.5 Å². The molecule has 2 atom stereocenters. The van der Waals surface area contributed by atoms with Crippen LogP contribution < -0.4 is 5.32 Å². The van der Waals surface area contributed by atoms with E-state index in [1.807, 2.05) is 39.8 Å². The first kappa shape index (κ1) is 15.7. The molecule has 0 aliphatic heterocycles. The van der Waals surface area contributed by atoms with Crippen LogP contribution in [0.4, 0.5) is 0 Å². The van der Waals surface area contributed by atoms with Crippen molar-refractivity contribution in [3.05, 3.63) is 34.9 Å². The fourth-order valence-corrected chi connectivity index (χ4v) is 2.07. The highest BCUT2D eigenvalue weighted by Gasteiger charge is 2.13. The largest absolute Gasteiger partial charge is 0.388 e. The zero-order valence-corrected chi connectivity index (χ0v) is 12.4. The number of aliphatic hydroxyl groups is 1. The maximum absolute atomic E-state index is 11.7. The molecule has 1 rings (SSSR count). The number of amides is 1. The summed E-state index contributed by atoms with van der Waals surface area (Å²) in [7, 11) is 0. The molecule has 3 nitrogen and oxygen atoms in total. The fraction of sp³-hybridized carbons (Fsp3) is 0.562. The zero-order chi connectivity index (χ0) is 14.4. The number of aliphatic hydroxyl groups excluding tert-OH is 1. The fourth-order valence-electron chi connectivity index (χ4n) is 2.07. The second kappa shape index (κ2) is 7.29. The number of rotatable bonds is 6. The number of carbonyl (C=O) groups excluding carboxylic acids is 1. The van der Waals surface area contributed by atoms with E-state index in [-0.39, 0.29) is 11.9 Å². The number of hydrogen-bond donors (Lipinski definition) is 2. The minimum atomic E-state index is -0.566. The second-order valence-electron chi connectivity index (χ2n) is 5.29. The van der Waals surface area contributed by atoms with Crippen molar-refractivity contribution in [2.45, 2.75) is 59.1 Å². The Morgan fingerprint density at radius 2 is 2.05 bits per heavy atom. The van der Waals surface area contributed by atoms with Crippen LogP contribution in [-0.4, -0.2) is 17.1 Å². The molecule has 0 heterocycles. The van der Waals surface area contributed by atoms with Gasteiger partial charge in [-0.15, -0.1) is 0 Å². The molecule has 2 N–H and O–H groups in total. The van der Waals surface area contributed by atoms with Gasteiger partial charge in [0, 0.05) is 12.5 Å². The Morgan fingerprint density at radius 3 is 2.63 bits per heavy atom. The summed E-state index contributed by atoms with van der Waals surface area (Å²) in [5, 5.41) is 13.1. The molecule has 1 aromatic carbocycles. The smallest absolute Gasteiger partial charge is 0.220 e. The molecule has 106 valence electrons. The highest BCUT2D eigenvalue weighted by molar-refractivity contribution is 5.76. The van der Waals surface area contributed by atoms with Gasteiger partial charge in [0.15, 0.2) is 0 Å². The van der Waals surface area contributed by atoms with Crippen molar-refractivity contribution >= 4 is 5.91 Å². The van der Waals surface area contributed by atoms with Crippen LogP contribution in [0, 0.1) is 13.8 Å². The zero-order valence-electron chi connectivity index (χ0n) is 12.4. The standard InChI is InChI=1S/C16H25NO2/c1-5-13(4)17-16(19)9-8-15(18)14-7-6-11(2)10-12(14)3/h6-7,10,13,15,18H,5,8-9H2,1-4H3,(H,17,19). The molecule has 0 saturated carbocycles. The maximum atomic E-state index is 11.7. The van der Waals surface area contributed by atoms with Crippen LogP contribution in [0.3, 0.4) is 0 Å². The predicted molar refractivity (Wildman–Crippen MR) is 78.0 cm³/mol. The number of carbonyl (C=O) groups is 1. The highest BCUT2D eigenvalue weighted by Crippen LogP contribution is 2.22. The van der Waals surface area contributed by atoms with Crippen molar-refractivity contribution in [1.82, 2.24) is 5.32 Å². The van der Waals surface area contributed by atoms with Gasteiger partial charge in [-0.05, 0) is 44.7 Å². The summed E-state index contributed by atoms with van der Waals surface area (Å²) in [5.41, 5.74) is 3.18. The Morgan fingerprint density at radius 1 is 1.37 bits per heavy atom. The van der Waals surface area contributed by atoms with Crippen molar-refractivity contribution in [2.75, 3.05) is 0 Å². The van der Waals surface area contributed by atoms with Crippen molar-refractivity contribution in [1.29, 1.82) is 0 Å². The topological polar surface area (TPSA) is 49.3 Å². The molecule has 0 fully saturated rings. The number of hydrogen-bond acceptors (Lipinski definition) is 2. The third-order valence-electron chi connectivity index (χ3n) is 3.45. The van der Waals surface area contributed by atoms with Gasteiger partial charge in [-0.3, -0.25) is 4.79 Å². The van der Waals surface area contributed by atoms with E-state index in [1.54, 1.807) is 0 Å². The molecule has 0 aliphatic rings. The van der Waals surface area contributed by atoms with E-state index in [1.165, 1.54) is 5.56 Å². The summed E-state index contributed by atoms with van der Waals surface area (Å²) < 4.78 is 0. The summed E-state index contributed by atoms with van der Waals surface area (Å²) in [6, 6.07) is 6.19. The minimum Gasteiger partial charge on any atom is -0.388 e. The Bertz CT molecular complexity index is 429. The van der Waals surface area contributed by atoms with Gasteiger partial charge in [0.05, 0.1) is 6.10 Å². The van der Waals surface area contributed by atoms with Gasteiger partial charge in [-0.1, -0.05) is 30.7 Å². The second-order valence-corrected chi connectivity index (χ2v) is 5.29. The molecular formula is C16H25NO2. The van der Waals surface area contributed by atoms with Crippen molar-refractivity contribution in [3.8, 4) is 0 Å². The normalized spacial score (nSPS) is 13.9. The Hall–Kier alpha value is -1.35. The predicted octanol–water partition coefficient (Wildman–Crippen LogP) is 3.03. The third-order valence-corrected chi connectivity index (χ3v) is 3.45. The lowest BCUT2D eigenvalue weighted by atomic mass is 9.98. The van der Waals surface area contributed by atoms with Gasteiger partial charge in [-0.2, -0.15) is 0 Å². The van der Waals surface area contributed by atoms with Crippen LogP contribution in [0.2, 0.25) is 0 Å². The maximum Gasteiger partial charge on any atom is 0.220 e. The van der Waals surface area contributed by atoms with Gasteiger partial charge < -0.3 is 10.4 Å². The van der Waals surface area contributed by atoms with Crippen LogP contribution in [0.1, 0.15) is 55.9 Å².